The lowest BCUT2D eigenvalue weighted by Gasteiger charge is -2.18. The maximum Gasteiger partial charge on any atom is 0.224 e. The summed E-state index contributed by atoms with van der Waals surface area (Å²) < 4.78 is 11.6. The van der Waals surface area contributed by atoms with Crippen molar-refractivity contribution in [3.05, 3.63) is 70.7 Å². The van der Waals surface area contributed by atoms with E-state index in [9.17, 15) is 9.00 Å². The molecule has 5 heteroatoms. The number of carbonyl (C=O) groups excluding carboxylic acids is 1. The normalized spacial score (nSPS) is 13.4. The zero-order chi connectivity index (χ0) is 15.9. The summed E-state index contributed by atoms with van der Waals surface area (Å²) in [6.07, 6.45) is 1.89. The Kier molecular flexibility index (Phi) is 6.16. The molecule has 0 aliphatic carbocycles. The standard InChI is InChI=1S/C17H18ClNO2S/c1-22(21)12-16(14-7-3-2-4-8-14)19-17(20)11-13-6-5-9-15(18)10-13/h2-10,16H,11-12H2,1H3,(H,19,20)/t16-,22-/m0/s1. The third kappa shape index (κ3) is 5.28. The van der Waals surface area contributed by atoms with Crippen LogP contribution in [0.2, 0.25) is 5.02 Å². The Hall–Kier alpha value is -1.65. The Labute approximate surface area is 138 Å². The van der Waals surface area contributed by atoms with E-state index in [0.717, 1.165) is 11.1 Å². The summed E-state index contributed by atoms with van der Waals surface area (Å²) in [6, 6.07) is 16.6. The summed E-state index contributed by atoms with van der Waals surface area (Å²) in [5.41, 5.74) is 1.81. The van der Waals surface area contributed by atoms with Gasteiger partial charge in [-0.25, -0.2) is 0 Å². The monoisotopic (exact) mass is 335 g/mol. The fourth-order valence-electron chi connectivity index (χ4n) is 2.22. The van der Waals surface area contributed by atoms with Gasteiger partial charge in [-0.15, -0.1) is 0 Å². The first kappa shape index (κ1) is 16.7. The molecule has 0 fully saturated rings. The molecular formula is C17H18ClNO2S. The fraction of sp³-hybridized carbons (Fsp3) is 0.235. The fourth-order valence-corrected chi connectivity index (χ4v) is 3.18. The second-order valence-electron chi connectivity index (χ2n) is 5.08. The van der Waals surface area contributed by atoms with Crippen LogP contribution in [0.4, 0.5) is 0 Å². The lowest BCUT2D eigenvalue weighted by Crippen LogP contribution is -2.32. The number of benzene rings is 2. The van der Waals surface area contributed by atoms with Crippen LogP contribution >= 0.6 is 11.6 Å². The van der Waals surface area contributed by atoms with Crippen molar-refractivity contribution in [2.75, 3.05) is 12.0 Å². The first-order valence-electron chi connectivity index (χ1n) is 6.93. The van der Waals surface area contributed by atoms with E-state index in [0.29, 0.717) is 10.8 Å². The lowest BCUT2D eigenvalue weighted by atomic mass is 10.1. The molecule has 2 aromatic rings. The highest BCUT2D eigenvalue weighted by atomic mass is 35.5. The van der Waals surface area contributed by atoms with Gasteiger partial charge in [0.1, 0.15) is 0 Å². The second-order valence-corrected chi connectivity index (χ2v) is 6.99. The van der Waals surface area contributed by atoms with Gasteiger partial charge < -0.3 is 5.32 Å². The van der Waals surface area contributed by atoms with Crippen LogP contribution in [0.3, 0.4) is 0 Å². The summed E-state index contributed by atoms with van der Waals surface area (Å²) >= 11 is 5.93. The average molecular weight is 336 g/mol. The summed E-state index contributed by atoms with van der Waals surface area (Å²) in [6.45, 7) is 0. The zero-order valence-corrected chi connectivity index (χ0v) is 13.9. The third-order valence-corrected chi connectivity index (χ3v) is 4.23. The number of nitrogens with one attached hydrogen (secondary N) is 1. The van der Waals surface area contributed by atoms with Gasteiger partial charge >= 0.3 is 0 Å². The van der Waals surface area contributed by atoms with E-state index >= 15 is 0 Å². The molecule has 0 aromatic heterocycles. The van der Waals surface area contributed by atoms with Crippen molar-refractivity contribution in [1.29, 1.82) is 0 Å². The van der Waals surface area contributed by atoms with Crippen LogP contribution in [-0.2, 0) is 22.0 Å². The molecule has 2 rings (SSSR count). The van der Waals surface area contributed by atoms with Crippen LogP contribution in [0.15, 0.2) is 54.6 Å². The molecule has 0 radical (unpaired) electrons. The van der Waals surface area contributed by atoms with E-state index in [1.807, 2.05) is 42.5 Å². The smallest absolute Gasteiger partial charge is 0.224 e. The number of hydrogen-bond donors (Lipinski definition) is 1. The number of carbonyl (C=O) groups is 1. The molecule has 2 atom stereocenters. The summed E-state index contributed by atoms with van der Waals surface area (Å²) in [4.78, 5) is 12.2. The Morgan fingerprint density at radius 1 is 1.18 bits per heavy atom. The Morgan fingerprint density at radius 2 is 1.91 bits per heavy atom. The maximum absolute atomic E-state index is 12.2. The number of rotatable bonds is 6. The van der Waals surface area contributed by atoms with Crippen LogP contribution in [0.5, 0.6) is 0 Å². The van der Waals surface area contributed by atoms with Crippen LogP contribution in [0.1, 0.15) is 17.2 Å². The Morgan fingerprint density at radius 3 is 2.55 bits per heavy atom. The van der Waals surface area contributed by atoms with Crippen molar-refractivity contribution < 1.29 is 9.00 Å². The summed E-state index contributed by atoms with van der Waals surface area (Å²) in [5.74, 6) is 0.284. The van der Waals surface area contributed by atoms with Crippen molar-refractivity contribution in [2.24, 2.45) is 0 Å². The topological polar surface area (TPSA) is 46.2 Å². The first-order valence-corrected chi connectivity index (χ1v) is 9.04. The molecule has 0 aliphatic heterocycles. The van der Waals surface area contributed by atoms with Crippen LogP contribution in [-0.4, -0.2) is 22.1 Å². The molecule has 0 saturated heterocycles. The van der Waals surface area contributed by atoms with Gasteiger partial charge in [0.25, 0.3) is 0 Å². The molecule has 0 bridgehead atoms. The van der Waals surface area contributed by atoms with Gasteiger partial charge in [-0.3, -0.25) is 9.00 Å². The van der Waals surface area contributed by atoms with Crippen LogP contribution in [0, 0.1) is 0 Å². The van der Waals surface area contributed by atoms with E-state index in [1.54, 1.807) is 18.4 Å². The van der Waals surface area contributed by atoms with E-state index in [4.69, 9.17) is 11.6 Å². The zero-order valence-electron chi connectivity index (χ0n) is 12.3. The largest absolute Gasteiger partial charge is 0.348 e. The lowest BCUT2D eigenvalue weighted by molar-refractivity contribution is -0.121. The van der Waals surface area contributed by atoms with Gasteiger partial charge in [0, 0.05) is 27.8 Å². The minimum atomic E-state index is -0.999. The Bertz CT molecular complexity index is 661. The van der Waals surface area contributed by atoms with Crippen LogP contribution in [0.25, 0.3) is 0 Å². The number of hydrogen-bond acceptors (Lipinski definition) is 2. The van der Waals surface area contributed by atoms with Crippen molar-refractivity contribution in [1.82, 2.24) is 5.32 Å². The molecule has 2 aromatic carbocycles. The van der Waals surface area contributed by atoms with Gasteiger partial charge in [0.2, 0.25) is 5.91 Å². The van der Waals surface area contributed by atoms with Gasteiger partial charge in [-0.2, -0.15) is 0 Å². The molecule has 3 nitrogen and oxygen atoms in total. The van der Waals surface area contributed by atoms with E-state index in [1.165, 1.54) is 0 Å². The highest BCUT2D eigenvalue weighted by molar-refractivity contribution is 7.84. The molecule has 22 heavy (non-hydrogen) atoms. The van der Waals surface area contributed by atoms with Crippen molar-refractivity contribution in [2.45, 2.75) is 12.5 Å². The molecule has 1 N–H and O–H groups in total. The quantitative estimate of drug-likeness (QED) is 0.881. The molecule has 0 unspecified atom stereocenters. The summed E-state index contributed by atoms with van der Waals surface area (Å²) in [7, 11) is -0.999. The molecule has 0 heterocycles. The van der Waals surface area contributed by atoms with Gasteiger partial charge in [0.15, 0.2) is 0 Å². The molecule has 1 amide bonds. The minimum Gasteiger partial charge on any atom is -0.348 e. The van der Waals surface area contributed by atoms with E-state index < -0.39 is 10.8 Å². The predicted octanol–water partition coefficient (Wildman–Crippen LogP) is 3.12. The molecule has 0 aliphatic rings. The molecular weight excluding hydrogens is 318 g/mol. The van der Waals surface area contributed by atoms with Crippen molar-refractivity contribution >= 4 is 28.3 Å². The van der Waals surface area contributed by atoms with E-state index in [2.05, 4.69) is 5.32 Å². The van der Waals surface area contributed by atoms with Gasteiger partial charge in [-0.1, -0.05) is 54.1 Å². The third-order valence-electron chi connectivity index (χ3n) is 3.19. The Balaban J connectivity index is 2.06. The number of amides is 1. The van der Waals surface area contributed by atoms with Gasteiger partial charge in [-0.05, 0) is 23.3 Å². The first-order chi connectivity index (χ1) is 10.5. The minimum absolute atomic E-state index is 0.110. The maximum atomic E-state index is 12.2. The van der Waals surface area contributed by atoms with Gasteiger partial charge in [0.05, 0.1) is 12.5 Å². The van der Waals surface area contributed by atoms with Crippen LogP contribution < -0.4 is 5.32 Å². The molecule has 0 saturated carbocycles. The summed E-state index contributed by atoms with van der Waals surface area (Å²) in [5, 5.41) is 3.57. The number of halogens is 1. The van der Waals surface area contributed by atoms with Crippen molar-refractivity contribution in [3.8, 4) is 0 Å². The van der Waals surface area contributed by atoms with E-state index in [-0.39, 0.29) is 18.4 Å². The highest BCUT2D eigenvalue weighted by Gasteiger charge is 2.16. The average Bonchev–Trinajstić information content (AvgIpc) is 2.47. The highest BCUT2D eigenvalue weighted by Crippen LogP contribution is 2.15. The molecule has 0 spiro atoms. The van der Waals surface area contributed by atoms with Crippen molar-refractivity contribution in [3.63, 3.8) is 0 Å². The molecule has 116 valence electrons. The predicted molar refractivity (Wildman–Crippen MR) is 91.4 cm³/mol. The SMILES string of the molecule is C[S@](=O)C[C@H](NC(=O)Cc1cccc(Cl)c1)c1ccccc1. The second kappa shape index (κ2) is 8.11.